The molecule has 1 aromatic carbocycles. The first-order valence-corrected chi connectivity index (χ1v) is 6.42. The highest BCUT2D eigenvalue weighted by Gasteiger charge is 2.27. The van der Waals surface area contributed by atoms with Gasteiger partial charge in [-0.3, -0.25) is 4.57 Å². The second-order valence-electron chi connectivity index (χ2n) is 2.93. The van der Waals surface area contributed by atoms with Crippen LogP contribution in [-0.4, -0.2) is 13.2 Å². The van der Waals surface area contributed by atoms with E-state index in [1.54, 1.807) is 13.8 Å². The van der Waals surface area contributed by atoms with Crippen LogP contribution in [-0.2, 0) is 13.6 Å². The number of benzene rings is 1. The van der Waals surface area contributed by atoms with Crippen molar-refractivity contribution in [3.05, 3.63) is 29.8 Å². The average Bonchev–Trinajstić information content (AvgIpc) is 2.22. The van der Waals surface area contributed by atoms with Gasteiger partial charge in [-0.25, -0.2) is 8.78 Å². The van der Waals surface area contributed by atoms with Crippen molar-refractivity contribution in [3.63, 3.8) is 0 Å². The molecular weight excluding hydrogens is 237 g/mol. The SMILES string of the molecule is CCOP(=O)(OCC)c1ccc(F)c(F)c1. The molecule has 0 N–H and O–H groups in total. The highest BCUT2D eigenvalue weighted by atomic mass is 31.2. The summed E-state index contributed by atoms with van der Waals surface area (Å²) in [4.78, 5) is 0. The predicted octanol–water partition coefficient (Wildman–Crippen LogP) is 2.86. The maximum Gasteiger partial charge on any atom is 0.361 e. The van der Waals surface area contributed by atoms with Crippen LogP contribution in [0.1, 0.15) is 13.8 Å². The van der Waals surface area contributed by atoms with Crippen molar-refractivity contribution >= 4 is 12.9 Å². The smallest absolute Gasteiger partial charge is 0.305 e. The topological polar surface area (TPSA) is 35.5 Å². The van der Waals surface area contributed by atoms with E-state index < -0.39 is 19.2 Å². The third kappa shape index (κ3) is 2.88. The van der Waals surface area contributed by atoms with Gasteiger partial charge in [0.05, 0.1) is 18.5 Å². The minimum absolute atomic E-state index is 0.0232. The molecule has 0 atom stereocenters. The van der Waals surface area contributed by atoms with Crippen molar-refractivity contribution in [1.29, 1.82) is 0 Å². The molecule has 0 aliphatic rings. The fourth-order valence-electron chi connectivity index (χ4n) is 1.18. The maximum absolute atomic E-state index is 13.0. The van der Waals surface area contributed by atoms with Gasteiger partial charge in [-0.05, 0) is 32.0 Å². The van der Waals surface area contributed by atoms with Crippen LogP contribution in [0.25, 0.3) is 0 Å². The van der Waals surface area contributed by atoms with Gasteiger partial charge in [-0.15, -0.1) is 0 Å². The molecule has 90 valence electrons. The van der Waals surface area contributed by atoms with Gasteiger partial charge in [-0.2, -0.15) is 0 Å². The van der Waals surface area contributed by atoms with E-state index in [4.69, 9.17) is 9.05 Å². The Kier molecular flexibility index (Phi) is 4.59. The largest absolute Gasteiger partial charge is 0.361 e. The quantitative estimate of drug-likeness (QED) is 0.754. The van der Waals surface area contributed by atoms with E-state index in [-0.39, 0.29) is 18.5 Å². The normalized spacial score (nSPS) is 11.8. The van der Waals surface area contributed by atoms with Crippen LogP contribution >= 0.6 is 7.60 Å². The minimum atomic E-state index is -3.53. The molecule has 0 aliphatic carbocycles. The fourth-order valence-corrected chi connectivity index (χ4v) is 2.76. The average molecular weight is 250 g/mol. The lowest BCUT2D eigenvalue weighted by molar-refractivity contribution is 0.230. The highest BCUT2D eigenvalue weighted by molar-refractivity contribution is 7.62. The Bertz CT molecular complexity index is 399. The third-order valence-corrected chi connectivity index (χ3v) is 3.92. The van der Waals surface area contributed by atoms with E-state index in [9.17, 15) is 13.3 Å². The molecule has 0 unspecified atom stereocenters. The first-order valence-electron chi connectivity index (χ1n) is 4.88. The Balaban J connectivity index is 3.11. The third-order valence-electron chi connectivity index (χ3n) is 1.82. The van der Waals surface area contributed by atoms with E-state index in [2.05, 4.69) is 0 Å². The molecule has 1 aromatic rings. The summed E-state index contributed by atoms with van der Waals surface area (Å²) < 4.78 is 47.8. The Morgan fingerprint density at radius 3 is 2.12 bits per heavy atom. The van der Waals surface area contributed by atoms with Crippen LogP contribution in [0.5, 0.6) is 0 Å². The van der Waals surface area contributed by atoms with E-state index in [0.717, 1.165) is 12.1 Å². The van der Waals surface area contributed by atoms with Gasteiger partial charge in [0, 0.05) is 0 Å². The Hall–Kier alpha value is -0.770. The van der Waals surface area contributed by atoms with Gasteiger partial charge in [0.15, 0.2) is 11.6 Å². The molecule has 0 aliphatic heterocycles. The summed E-state index contributed by atoms with van der Waals surface area (Å²) >= 11 is 0. The zero-order valence-corrected chi connectivity index (χ0v) is 9.97. The lowest BCUT2D eigenvalue weighted by Crippen LogP contribution is -2.11. The van der Waals surface area contributed by atoms with E-state index in [1.165, 1.54) is 6.07 Å². The Labute approximate surface area is 92.9 Å². The molecule has 6 heteroatoms. The van der Waals surface area contributed by atoms with Crippen LogP contribution in [0.15, 0.2) is 18.2 Å². The number of hydrogen-bond donors (Lipinski definition) is 0. The van der Waals surface area contributed by atoms with Crippen LogP contribution in [0.4, 0.5) is 8.78 Å². The van der Waals surface area contributed by atoms with Crippen LogP contribution in [0.2, 0.25) is 0 Å². The zero-order valence-electron chi connectivity index (χ0n) is 9.07. The van der Waals surface area contributed by atoms with Crippen molar-refractivity contribution in [2.75, 3.05) is 13.2 Å². The molecule has 0 saturated carbocycles. The number of rotatable bonds is 5. The second kappa shape index (κ2) is 5.53. The summed E-state index contributed by atoms with van der Waals surface area (Å²) in [6, 6.07) is 2.93. The Morgan fingerprint density at radius 2 is 1.69 bits per heavy atom. The zero-order chi connectivity index (χ0) is 12.2. The van der Waals surface area contributed by atoms with E-state index in [0.29, 0.717) is 0 Å². The fraction of sp³-hybridized carbons (Fsp3) is 0.400. The molecule has 16 heavy (non-hydrogen) atoms. The van der Waals surface area contributed by atoms with Gasteiger partial charge < -0.3 is 9.05 Å². The molecule has 0 aromatic heterocycles. The van der Waals surface area contributed by atoms with Gasteiger partial charge in [0.1, 0.15) is 0 Å². The van der Waals surface area contributed by atoms with E-state index in [1.807, 2.05) is 0 Å². The van der Waals surface area contributed by atoms with Crippen molar-refractivity contribution in [2.24, 2.45) is 0 Å². The van der Waals surface area contributed by atoms with Crippen molar-refractivity contribution in [2.45, 2.75) is 13.8 Å². The van der Waals surface area contributed by atoms with Crippen molar-refractivity contribution in [3.8, 4) is 0 Å². The summed E-state index contributed by atoms with van der Waals surface area (Å²) in [7, 11) is -3.53. The van der Waals surface area contributed by atoms with Crippen molar-refractivity contribution in [1.82, 2.24) is 0 Å². The summed E-state index contributed by atoms with van der Waals surface area (Å²) in [5.74, 6) is -2.07. The molecule has 0 saturated heterocycles. The number of halogens is 2. The maximum atomic E-state index is 13.0. The highest BCUT2D eigenvalue weighted by Crippen LogP contribution is 2.46. The summed E-state index contributed by atoms with van der Waals surface area (Å²) in [6.45, 7) is 3.61. The van der Waals surface area contributed by atoms with Gasteiger partial charge in [0.2, 0.25) is 0 Å². The van der Waals surface area contributed by atoms with Crippen LogP contribution in [0, 0.1) is 11.6 Å². The summed E-state index contributed by atoms with van der Waals surface area (Å²) in [5, 5.41) is 0.0232. The summed E-state index contributed by atoms with van der Waals surface area (Å²) in [6.07, 6.45) is 0. The van der Waals surface area contributed by atoms with Crippen LogP contribution in [0.3, 0.4) is 0 Å². The lowest BCUT2D eigenvalue weighted by Gasteiger charge is -2.16. The molecule has 0 amide bonds. The number of hydrogen-bond acceptors (Lipinski definition) is 3. The Morgan fingerprint density at radius 1 is 1.12 bits per heavy atom. The molecule has 3 nitrogen and oxygen atoms in total. The molecule has 0 spiro atoms. The second-order valence-corrected chi connectivity index (χ2v) is 4.96. The lowest BCUT2D eigenvalue weighted by atomic mass is 10.3. The molecule has 0 radical (unpaired) electrons. The van der Waals surface area contributed by atoms with Gasteiger partial charge in [0.25, 0.3) is 0 Å². The van der Waals surface area contributed by atoms with Gasteiger partial charge in [-0.1, -0.05) is 0 Å². The molecule has 1 rings (SSSR count). The van der Waals surface area contributed by atoms with E-state index >= 15 is 0 Å². The first-order chi connectivity index (χ1) is 7.53. The predicted molar refractivity (Wildman–Crippen MR) is 56.9 cm³/mol. The molecule has 0 heterocycles. The van der Waals surface area contributed by atoms with Crippen LogP contribution < -0.4 is 5.30 Å². The molecule has 0 fully saturated rings. The standard InChI is InChI=1S/C10H13F2O3P/c1-3-14-16(13,15-4-2)8-5-6-9(11)10(12)7-8/h5-7H,3-4H2,1-2H3. The minimum Gasteiger partial charge on any atom is -0.305 e. The van der Waals surface area contributed by atoms with Gasteiger partial charge >= 0.3 is 7.60 Å². The first kappa shape index (κ1) is 13.3. The molecular formula is C10H13F2O3P. The van der Waals surface area contributed by atoms with Crippen molar-refractivity contribution < 1.29 is 22.4 Å². The monoisotopic (exact) mass is 250 g/mol. The summed E-state index contributed by atoms with van der Waals surface area (Å²) in [5.41, 5.74) is 0. The molecule has 0 bridgehead atoms.